The normalized spacial score (nSPS) is 11.2. The Morgan fingerprint density at radius 3 is 2.36 bits per heavy atom. The largest absolute Gasteiger partial charge is 0.495 e. The molecule has 2 rings (SSSR count). The van der Waals surface area contributed by atoms with E-state index in [0.29, 0.717) is 5.56 Å². The molecule has 1 aromatic carbocycles. The topological polar surface area (TPSA) is 129 Å². The van der Waals surface area contributed by atoms with Gasteiger partial charge in [-0.05, 0) is 38.5 Å². The number of aryl methyl sites for hydroxylation is 2. The molecule has 1 aromatic heterocycles. The summed E-state index contributed by atoms with van der Waals surface area (Å²) >= 11 is 0. The van der Waals surface area contributed by atoms with Gasteiger partial charge in [-0.15, -0.1) is 0 Å². The molecule has 0 aliphatic carbocycles. The van der Waals surface area contributed by atoms with Gasteiger partial charge in [0.15, 0.2) is 5.78 Å². The number of anilines is 1. The Balaban J connectivity index is 2.60. The highest BCUT2D eigenvalue weighted by Gasteiger charge is 2.29. The second-order valence-electron chi connectivity index (χ2n) is 5.42. The molecule has 134 valence electrons. The van der Waals surface area contributed by atoms with Crippen molar-refractivity contribution in [1.29, 1.82) is 0 Å². The zero-order valence-corrected chi connectivity index (χ0v) is 15.0. The molecule has 0 fully saturated rings. The van der Waals surface area contributed by atoms with Crippen LogP contribution in [0, 0.1) is 13.8 Å². The molecule has 1 heterocycles. The summed E-state index contributed by atoms with van der Waals surface area (Å²) < 4.78 is 37.9. The van der Waals surface area contributed by atoms with Gasteiger partial charge in [-0.2, -0.15) is 0 Å². The minimum absolute atomic E-state index is 0.0543. The Kier molecular flexibility index (Phi) is 4.89. The summed E-state index contributed by atoms with van der Waals surface area (Å²) in [5.74, 6) is -1.63. The van der Waals surface area contributed by atoms with Crippen LogP contribution in [0.5, 0.6) is 5.75 Å². The average Bonchev–Trinajstić information content (AvgIpc) is 2.82. The van der Waals surface area contributed by atoms with Gasteiger partial charge in [0.1, 0.15) is 22.0 Å². The third-order valence-electron chi connectivity index (χ3n) is 3.52. The Hall–Kier alpha value is -2.81. The number of sulfonamides is 1. The first-order valence-electron chi connectivity index (χ1n) is 7.20. The third-order valence-corrected chi connectivity index (χ3v) is 4.87. The maximum Gasteiger partial charge on any atom is 0.267 e. The standard InChI is InChI=1S/C16H18N2O6S/c1-8-5-6-11(23-4)12(7-8)25(21,22)18-16-14(15(17)20)13(9(2)19)10(3)24-16/h5-7,18H,1-4H3,(H2,17,20). The number of hydrogen-bond donors (Lipinski definition) is 2. The maximum atomic E-state index is 12.7. The third kappa shape index (κ3) is 3.50. The van der Waals surface area contributed by atoms with E-state index in [1.54, 1.807) is 13.0 Å². The fourth-order valence-corrected chi connectivity index (χ4v) is 3.70. The predicted molar refractivity (Wildman–Crippen MR) is 90.5 cm³/mol. The van der Waals surface area contributed by atoms with Crippen molar-refractivity contribution in [3.05, 3.63) is 40.6 Å². The number of carbonyl (C=O) groups excluding carboxylic acids is 2. The minimum atomic E-state index is -4.15. The summed E-state index contributed by atoms with van der Waals surface area (Å²) in [6.07, 6.45) is 0. The van der Waals surface area contributed by atoms with E-state index in [9.17, 15) is 18.0 Å². The van der Waals surface area contributed by atoms with Gasteiger partial charge >= 0.3 is 0 Å². The number of Topliss-reactive ketones (excluding diaryl/α,β-unsaturated/α-hetero) is 1. The van der Waals surface area contributed by atoms with E-state index in [1.165, 1.54) is 33.1 Å². The van der Waals surface area contributed by atoms with Crippen molar-refractivity contribution in [3.63, 3.8) is 0 Å². The van der Waals surface area contributed by atoms with Crippen LogP contribution >= 0.6 is 0 Å². The van der Waals surface area contributed by atoms with Gasteiger partial charge in [-0.1, -0.05) is 6.07 Å². The van der Waals surface area contributed by atoms with Crippen LogP contribution in [-0.2, 0) is 10.0 Å². The highest BCUT2D eigenvalue weighted by molar-refractivity contribution is 7.92. The van der Waals surface area contributed by atoms with Crippen molar-refractivity contribution >= 4 is 27.6 Å². The van der Waals surface area contributed by atoms with Crippen molar-refractivity contribution in [1.82, 2.24) is 0 Å². The van der Waals surface area contributed by atoms with Crippen molar-refractivity contribution in [2.24, 2.45) is 5.73 Å². The fourth-order valence-electron chi connectivity index (χ4n) is 2.45. The molecule has 0 radical (unpaired) electrons. The smallest absolute Gasteiger partial charge is 0.267 e. The van der Waals surface area contributed by atoms with Gasteiger partial charge in [0, 0.05) is 0 Å². The van der Waals surface area contributed by atoms with Crippen LogP contribution in [0.1, 0.15) is 39.0 Å². The fraction of sp³-hybridized carbons (Fsp3) is 0.250. The molecule has 25 heavy (non-hydrogen) atoms. The van der Waals surface area contributed by atoms with E-state index >= 15 is 0 Å². The summed E-state index contributed by atoms with van der Waals surface area (Å²) in [5.41, 5.74) is 5.63. The van der Waals surface area contributed by atoms with Crippen LogP contribution in [0.4, 0.5) is 5.88 Å². The lowest BCUT2D eigenvalue weighted by Crippen LogP contribution is -2.19. The number of methoxy groups -OCH3 is 1. The molecule has 2 aromatic rings. The van der Waals surface area contributed by atoms with Crippen LogP contribution in [0.15, 0.2) is 27.5 Å². The molecule has 3 N–H and O–H groups in total. The monoisotopic (exact) mass is 366 g/mol. The second kappa shape index (κ2) is 6.60. The van der Waals surface area contributed by atoms with E-state index in [-0.39, 0.29) is 27.5 Å². The predicted octanol–water partition coefficient (Wildman–Crippen LogP) is 2.01. The Morgan fingerprint density at radius 2 is 1.84 bits per heavy atom. The van der Waals surface area contributed by atoms with Gasteiger partial charge in [-0.25, -0.2) is 13.1 Å². The summed E-state index contributed by atoms with van der Waals surface area (Å²) in [5, 5.41) is 0. The number of nitrogens with one attached hydrogen (secondary N) is 1. The van der Waals surface area contributed by atoms with E-state index in [0.717, 1.165) is 0 Å². The Morgan fingerprint density at radius 1 is 1.20 bits per heavy atom. The van der Waals surface area contributed by atoms with Crippen molar-refractivity contribution < 1.29 is 27.2 Å². The van der Waals surface area contributed by atoms with Crippen molar-refractivity contribution in [3.8, 4) is 5.75 Å². The number of hydrogen-bond acceptors (Lipinski definition) is 6. The van der Waals surface area contributed by atoms with Gasteiger partial charge in [0.05, 0.1) is 12.7 Å². The number of amides is 1. The van der Waals surface area contributed by atoms with Gasteiger partial charge in [0.25, 0.3) is 15.9 Å². The van der Waals surface area contributed by atoms with Crippen LogP contribution in [-0.4, -0.2) is 27.2 Å². The molecule has 0 unspecified atom stereocenters. The SMILES string of the molecule is COc1ccc(C)cc1S(=O)(=O)Nc1oc(C)c(C(C)=O)c1C(N)=O. The molecular formula is C16H18N2O6S. The highest BCUT2D eigenvalue weighted by atomic mass is 32.2. The highest BCUT2D eigenvalue weighted by Crippen LogP contribution is 2.31. The quantitative estimate of drug-likeness (QED) is 0.752. The molecule has 8 nitrogen and oxygen atoms in total. The van der Waals surface area contributed by atoms with Crippen LogP contribution < -0.4 is 15.2 Å². The molecule has 0 aliphatic heterocycles. The first-order valence-corrected chi connectivity index (χ1v) is 8.68. The van der Waals surface area contributed by atoms with E-state index in [1.807, 2.05) is 0 Å². The first-order chi connectivity index (χ1) is 11.6. The lowest BCUT2D eigenvalue weighted by molar-refractivity contribution is 0.0974. The summed E-state index contributed by atoms with van der Waals surface area (Å²) in [7, 11) is -2.81. The number of carbonyl (C=O) groups is 2. The first kappa shape index (κ1) is 18.5. The molecule has 0 atom stereocenters. The number of nitrogens with two attached hydrogens (primary N) is 1. The second-order valence-corrected chi connectivity index (χ2v) is 7.07. The van der Waals surface area contributed by atoms with Crippen molar-refractivity contribution in [2.45, 2.75) is 25.7 Å². The van der Waals surface area contributed by atoms with Crippen molar-refractivity contribution in [2.75, 3.05) is 11.8 Å². The summed E-state index contributed by atoms with van der Waals surface area (Å²) in [6, 6.07) is 4.61. The Bertz CT molecular complexity index is 959. The molecule has 0 aliphatic rings. The molecular weight excluding hydrogens is 348 g/mol. The van der Waals surface area contributed by atoms with Crippen LogP contribution in [0.3, 0.4) is 0 Å². The van der Waals surface area contributed by atoms with E-state index < -0.39 is 27.6 Å². The van der Waals surface area contributed by atoms with Crippen LogP contribution in [0.2, 0.25) is 0 Å². The lowest BCUT2D eigenvalue weighted by atomic mass is 10.1. The zero-order chi connectivity index (χ0) is 18.9. The molecule has 0 saturated carbocycles. The number of ether oxygens (including phenoxy) is 1. The molecule has 0 saturated heterocycles. The average molecular weight is 366 g/mol. The molecule has 0 spiro atoms. The Labute approximate surface area is 145 Å². The number of benzene rings is 1. The number of ketones is 1. The molecule has 1 amide bonds. The zero-order valence-electron chi connectivity index (χ0n) is 14.2. The van der Waals surface area contributed by atoms with Gasteiger partial charge in [0.2, 0.25) is 5.88 Å². The maximum absolute atomic E-state index is 12.7. The summed E-state index contributed by atoms with van der Waals surface area (Å²) in [4.78, 5) is 23.3. The number of rotatable bonds is 6. The van der Waals surface area contributed by atoms with Crippen LogP contribution in [0.25, 0.3) is 0 Å². The van der Waals surface area contributed by atoms with Gasteiger partial charge < -0.3 is 14.9 Å². The minimum Gasteiger partial charge on any atom is -0.495 e. The molecule has 0 bridgehead atoms. The number of primary amides is 1. The van der Waals surface area contributed by atoms with Gasteiger partial charge in [-0.3, -0.25) is 9.59 Å². The molecule has 9 heteroatoms. The summed E-state index contributed by atoms with van der Waals surface area (Å²) in [6.45, 7) is 4.39. The van der Waals surface area contributed by atoms with E-state index in [4.69, 9.17) is 14.9 Å². The van der Waals surface area contributed by atoms with E-state index in [2.05, 4.69) is 4.72 Å². The lowest BCUT2D eigenvalue weighted by Gasteiger charge is -2.11. The number of furan rings is 1.